The minimum absolute atomic E-state index is 0.0791. The molecule has 0 radical (unpaired) electrons. The molecule has 0 saturated carbocycles. The van der Waals surface area contributed by atoms with E-state index < -0.39 is 11.8 Å². The SMILES string of the molecule is CCC(C)N(CC(=O)N(CCOC)Cc1cccn1C)C(=O)Nc1cccc(F)c1. The Hall–Kier alpha value is -2.87. The van der Waals surface area contributed by atoms with Gasteiger partial charge in [-0.2, -0.15) is 0 Å². The summed E-state index contributed by atoms with van der Waals surface area (Å²) in [5.74, 6) is -0.616. The van der Waals surface area contributed by atoms with Gasteiger partial charge < -0.3 is 24.4 Å². The smallest absolute Gasteiger partial charge is 0.322 e. The number of nitrogens with one attached hydrogen (secondary N) is 1. The summed E-state index contributed by atoms with van der Waals surface area (Å²) in [6.07, 6.45) is 2.60. The fourth-order valence-corrected chi connectivity index (χ4v) is 3.01. The Kier molecular flexibility index (Phi) is 8.86. The van der Waals surface area contributed by atoms with Gasteiger partial charge in [0.2, 0.25) is 5.91 Å². The molecule has 1 N–H and O–H groups in total. The maximum atomic E-state index is 13.5. The number of ether oxygens (including phenoxy) is 1. The molecule has 164 valence electrons. The number of nitrogens with zero attached hydrogens (tertiary/aromatic N) is 3. The third kappa shape index (κ3) is 6.59. The third-order valence-corrected chi connectivity index (χ3v) is 5.09. The predicted octanol–water partition coefficient (Wildman–Crippen LogP) is 3.47. The molecule has 30 heavy (non-hydrogen) atoms. The lowest BCUT2D eigenvalue weighted by atomic mass is 10.2. The molecule has 1 heterocycles. The van der Waals surface area contributed by atoms with Crippen molar-refractivity contribution in [2.45, 2.75) is 32.9 Å². The minimum Gasteiger partial charge on any atom is -0.383 e. The van der Waals surface area contributed by atoms with Gasteiger partial charge in [0.25, 0.3) is 0 Å². The predicted molar refractivity (Wildman–Crippen MR) is 115 cm³/mol. The summed E-state index contributed by atoms with van der Waals surface area (Å²) in [6, 6.07) is 8.96. The third-order valence-electron chi connectivity index (χ3n) is 5.09. The number of methoxy groups -OCH3 is 1. The van der Waals surface area contributed by atoms with Gasteiger partial charge in [0.1, 0.15) is 12.4 Å². The highest BCUT2D eigenvalue weighted by atomic mass is 19.1. The topological polar surface area (TPSA) is 66.8 Å². The lowest BCUT2D eigenvalue weighted by molar-refractivity contribution is -0.133. The Bertz CT molecular complexity index is 839. The lowest BCUT2D eigenvalue weighted by Gasteiger charge is -2.31. The van der Waals surface area contributed by atoms with Gasteiger partial charge >= 0.3 is 6.03 Å². The Morgan fingerprint density at radius 1 is 1.27 bits per heavy atom. The quantitative estimate of drug-likeness (QED) is 0.643. The number of benzene rings is 1. The Labute approximate surface area is 177 Å². The second-order valence-corrected chi connectivity index (χ2v) is 7.24. The van der Waals surface area contributed by atoms with Crippen molar-refractivity contribution < 1.29 is 18.7 Å². The van der Waals surface area contributed by atoms with E-state index >= 15 is 0 Å². The molecule has 1 atom stereocenters. The van der Waals surface area contributed by atoms with E-state index in [0.717, 1.165) is 5.69 Å². The van der Waals surface area contributed by atoms with Crippen LogP contribution in [-0.4, -0.2) is 59.2 Å². The first kappa shape index (κ1) is 23.4. The number of carbonyl (C=O) groups excluding carboxylic acids is 2. The van der Waals surface area contributed by atoms with Gasteiger partial charge in [-0.05, 0) is 43.7 Å². The van der Waals surface area contributed by atoms with Crippen molar-refractivity contribution in [3.05, 3.63) is 54.1 Å². The van der Waals surface area contributed by atoms with E-state index in [0.29, 0.717) is 31.8 Å². The van der Waals surface area contributed by atoms with Crippen LogP contribution in [0, 0.1) is 5.82 Å². The monoisotopic (exact) mass is 418 g/mol. The molecular weight excluding hydrogens is 387 g/mol. The van der Waals surface area contributed by atoms with Crippen molar-refractivity contribution in [2.75, 3.05) is 32.1 Å². The van der Waals surface area contributed by atoms with E-state index in [1.54, 1.807) is 18.1 Å². The number of amides is 3. The summed E-state index contributed by atoms with van der Waals surface area (Å²) >= 11 is 0. The largest absolute Gasteiger partial charge is 0.383 e. The standard InChI is InChI=1S/C22H31FN4O3/c1-5-17(2)27(22(29)24-19-9-6-8-18(23)14-19)16-21(28)26(12-13-30-4)15-20-10-7-11-25(20)3/h6-11,14,17H,5,12-13,15-16H2,1-4H3,(H,24,29). The van der Waals surface area contributed by atoms with Crippen LogP contribution in [0.3, 0.4) is 0 Å². The van der Waals surface area contributed by atoms with Crippen molar-refractivity contribution in [1.29, 1.82) is 0 Å². The zero-order valence-electron chi connectivity index (χ0n) is 18.1. The highest BCUT2D eigenvalue weighted by molar-refractivity contribution is 5.92. The number of hydrogen-bond donors (Lipinski definition) is 1. The van der Waals surface area contributed by atoms with Crippen molar-refractivity contribution in [1.82, 2.24) is 14.4 Å². The summed E-state index contributed by atoms with van der Waals surface area (Å²) in [5, 5.41) is 2.69. The molecule has 0 fully saturated rings. The minimum atomic E-state index is -0.438. The van der Waals surface area contributed by atoms with Crippen LogP contribution in [0.1, 0.15) is 26.0 Å². The number of carbonyl (C=O) groups is 2. The van der Waals surface area contributed by atoms with Gasteiger partial charge in [-0.15, -0.1) is 0 Å². The second-order valence-electron chi connectivity index (χ2n) is 7.24. The first-order valence-corrected chi connectivity index (χ1v) is 10.1. The molecule has 1 aromatic heterocycles. The molecule has 0 bridgehead atoms. The van der Waals surface area contributed by atoms with Gasteiger partial charge in [-0.1, -0.05) is 13.0 Å². The van der Waals surface area contributed by atoms with Crippen LogP contribution in [0.5, 0.6) is 0 Å². The van der Waals surface area contributed by atoms with Crippen LogP contribution in [0.2, 0.25) is 0 Å². The first-order chi connectivity index (χ1) is 14.3. The maximum absolute atomic E-state index is 13.5. The summed E-state index contributed by atoms with van der Waals surface area (Å²) in [5.41, 5.74) is 1.33. The van der Waals surface area contributed by atoms with Gasteiger partial charge in [0.05, 0.1) is 13.2 Å². The van der Waals surface area contributed by atoms with Crippen molar-refractivity contribution in [3.8, 4) is 0 Å². The summed E-state index contributed by atoms with van der Waals surface area (Å²) in [6.45, 7) is 4.99. The van der Waals surface area contributed by atoms with Crippen LogP contribution in [-0.2, 0) is 23.1 Å². The van der Waals surface area contributed by atoms with E-state index in [4.69, 9.17) is 4.74 Å². The zero-order chi connectivity index (χ0) is 22.1. The number of rotatable bonds is 10. The van der Waals surface area contributed by atoms with Crippen LogP contribution in [0.25, 0.3) is 0 Å². The Morgan fingerprint density at radius 3 is 2.63 bits per heavy atom. The molecule has 0 aliphatic rings. The van der Waals surface area contributed by atoms with Crippen LogP contribution in [0.15, 0.2) is 42.6 Å². The number of anilines is 1. The zero-order valence-corrected chi connectivity index (χ0v) is 18.1. The number of aromatic nitrogens is 1. The van der Waals surface area contributed by atoms with Crippen molar-refractivity contribution in [3.63, 3.8) is 0 Å². The maximum Gasteiger partial charge on any atom is 0.322 e. The van der Waals surface area contributed by atoms with Gasteiger partial charge in [0.15, 0.2) is 0 Å². The molecule has 1 unspecified atom stereocenters. The number of halogens is 1. The molecule has 2 aromatic rings. The van der Waals surface area contributed by atoms with Crippen LogP contribution >= 0.6 is 0 Å². The molecule has 2 rings (SSSR count). The molecule has 3 amide bonds. The normalized spacial score (nSPS) is 11.8. The Balaban J connectivity index is 2.14. The number of hydrogen-bond acceptors (Lipinski definition) is 3. The molecule has 0 aliphatic heterocycles. The second kappa shape index (κ2) is 11.3. The summed E-state index contributed by atoms with van der Waals surface area (Å²) in [7, 11) is 3.51. The van der Waals surface area contributed by atoms with Crippen LogP contribution in [0.4, 0.5) is 14.9 Å². The van der Waals surface area contributed by atoms with Gasteiger partial charge in [-0.25, -0.2) is 9.18 Å². The molecular formula is C22H31FN4O3. The van der Waals surface area contributed by atoms with Gasteiger partial charge in [0, 0.05) is 44.3 Å². The summed E-state index contributed by atoms with van der Waals surface area (Å²) in [4.78, 5) is 29.1. The van der Waals surface area contributed by atoms with E-state index in [2.05, 4.69) is 5.32 Å². The fraction of sp³-hybridized carbons (Fsp3) is 0.455. The van der Waals surface area contributed by atoms with E-state index in [9.17, 15) is 14.0 Å². The molecule has 8 heteroatoms. The average molecular weight is 419 g/mol. The molecule has 0 spiro atoms. The molecule has 0 saturated heterocycles. The lowest BCUT2D eigenvalue weighted by Crippen LogP contribution is -2.48. The first-order valence-electron chi connectivity index (χ1n) is 10.1. The highest BCUT2D eigenvalue weighted by Gasteiger charge is 2.25. The highest BCUT2D eigenvalue weighted by Crippen LogP contribution is 2.14. The molecule has 0 aliphatic carbocycles. The van der Waals surface area contributed by atoms with E-state index in [1.165, 1.54) is 23.1 Å². The fourth-order valence-electron chi connectivity index (χ4n) is 3.01. The molecule has 7 nitrogen and oxygen atoms in total. The Morgan fingerprint density at radius 2 is 2.03 bits per heavy atom. The van der Waals surface area contributed by atoms with E-state index in [-0.39, 0.29) is 18.5 Å². The molecule has 1 aromatic carbocycles. The van der Waals surface area contributed by atoms with Crippen molar-refractivity contribution in [2.24, 2.45) is 7.05 Å². The van der Waals surface area contributed by atoms with E-state index in [1.807, 2.05) is 43.8 Å². The van der Waals surface area contributed by atoms with Gasteiger partial charge in [-0.3, -0.25) is 4.79 Å². The number of aryl methyl sites for hydroxylation is 1. The van der Waals surface area contributed by atoms with Crippen molar-refractivity contribution >= 4 is 17.6 Å². The summed E-state index contributed by atoms with van der Waals surface area (Å²) < 4.78 is 20.6. The van der Waals surface area contributed by atoms with Crippen LogP contribution < -0.4 is 5.32 Å². The average Bonchev–Trinajstić information content (AvgIpc) is 3.12. The number of urea groups is 1.